The second-order valence-electron chi connectivity index (χ2n) is 2.54. The van der Waals surface area contributed by atoms with Crippen molar-refractivity contribution in [1.29, 1.82) is 0 Å². The molecule has 0 unspecified atom stereocenters. The molecule has 0 saturated carbocycles. The summed E-state index contributed by atoms with van der Waals surface area (Å²) in [5.74, 6) is 2.61. The number of thioether (sulfide) groups is 1. The van der Waals surface area contributed by atoms with Crippen LogP contribution in [0.4, 0.5) is 0 Å². The Morgan fingerprint density at radius 1 is 0.727 bits per heavy atom. The molecule has 2 saturated heterocycles. The van der Waals surface area contributed by atoms with E-state index >= 15 is 0 Å². The van der Waals surface area contributed by atoms with Gasteiger partial charge in [0.05, 0.1) is 0 Å². The van der Waals surface area contributed by atoms with Gasteiger partial charge >= 0.3 is 0 Å². The van der Waals surface area contributed by atoms with Crippen LogP contribution in [0, 0.1) is 0 Å². The topological polar surface area (TPSA) is 36.1 Å². The van der Waals surface area contributed by atoms with Crippen molar-refractivity contribution in [3.05, 3.63) is 0 Å². The fraction of sp³-hybridized carbons (Fsp3) is 1.00. The van der Waals surface area contributed by atoms with E-state index in [0.717, 1.165) is 19.8 Å². The van der Waals surface area contributed by atoms with Gasteiger partial charge in [0.1, 0.15) is 0 Å². The standard InChI is InChI=1S/C4H9NS.C3H8N2/c1-3-6-4-2-5-1;1-2-5-3-4-1/h5H,1-4H2;4-5H,1-3H2. The molecular weight excluding hydrogens is 158 g/mol. The molecule has 66 valence electrons. The molecule has 0 bridgehead atoms. The maximum absolute atomic E-state index is 3.26. The van der Waals surface area contributed by atoms with E-state index < -0.39 is 0 Å². The third-order valence-electron chi connectivity index (χ3n) is 1.57. The Bertz CT molecular complexity index is 62.6. The molecule has 0 aromatic rings. The molecule has 2 aliphatic rings. The lowest BCUT2D eigenvalue weighted by Crippen LogP contribution is -2.24. The van der Waals surface area contributed by atoms with Crippen molar-refractivity contribution in [1.82, 2.24) is 16.0 Å². The lowest BCUT2D eigenvalue weighted by atomic mass is 10.6. The summed E-state index contributed by atoms with van der Waals surface area (Å²) in [6.45, 7) is 5.70. The highest BCUT2D eigenvalue weighted by Crippen LogP contribution is 1.99. The Kier molecular flexibility index (Phi) is 5.85. The Hall–Kier alpha value is 0.230. The molecule has 2 fully saturated rings. The molecule has 0 aliphatic carbocycles. The summed E-state index contributed by atoms with van der Waals surface area (Å²) in [6.07, 6.45) is 0. The molecule has 2 heterocycles. The molecule has 4 heteroatoms. The third-order valence-corrected chi connectivity index (χ3v) is 2.56. The largest absolute Gasteiger partial charge is 0.315 e. The minimum atomic E-state index is 1.00. The molecule has 0 aromatic carbocycles. The quantitative estimate of drug-likeness (QED) is 0.462. The van der Waals surface area contributed by atoms with Crippen molar-refractivity contribution in [3.8, 4) is 0 Å². The van der Waals surface area contributed by atoms with Crippen LogP contribution in [0.15, 0.2) is 0 Å². The average Bonchev–Trinajstić information content (AvgIpc) is 2.64. The lowest BCUT2D eigenvalue weighted by Gasteiger charge is -2.08. The van der Waals surface area contributed by atoms with E-state index in [1.165, 1.54) is 24.6 Å². The molecule has 11 heavy (non-hydrogen) atoms. The summed E-state index contributed by atoms with van der Waals surface area (Å²) in [7, 11) is 0. The maximum Gasteiger partial charge on any atom is 0.0455 e. The fourth-order valence-corrected chi connectivity index (χ4v) is 1.74. The van der Waals surface area contributed by atoms with Gasteiger partial charge in [0, 0.05) is 44.4 Å². The molecule has 0 aromatic heterocycles. The molecule has 0 spiro atoms. The van der Waals surface area contributed by atoms with E-state index in [0.29, 0.717) is 0 Å². The van der Waals surface area contributed by atoms with E-state index in [2.05, 4.69) is 16.0 Å². The Morgan fingerprint density at radius 3 is 1.55 bits per heavy atom. The van der Waals surface area contributed by atoms with Gasteiger partial charge in [0.25, 0.3) is 0 Å². The van der Waals surface area contributed by atoms with Crippen molar-refractivity contribution < 1.29 is 0 Å². The van der Waals surface area contributed by atoms with Gasteiger partial charge in [-0.1, -0.05) is 0 Å². The normalized spacial score (nSPS) is 24.0. The van der Waals surface area contributed by atoms with Gasteiger partial charge in [-0.15, -0.1) is 0 Å². The first-order valence-corrected chi connectivity index (χ1v) is 5.35. The van der Waals surface area contributed by atoms with Gasteiger partial charge in [-0.25, -0.2) is 0 Å². The van der Waals surface area contributed by atoms with Gasteiger partial charge < -0.3 is 16.0 Å². The second kappa shape index (κ2) is 6.91. The molecule has 0 atom stereocenters. The zero-order valence-electron chi connectivity index (χ0n) is 6.86. The van der Waals surface area contributed by atoms with Crippen LogP contribution in [0.5, 0.6) is 0 Å². The smallest absolute Gasteiger partial charge is 0.0455 e. The van der Waals surface area contributed by atoms with Crippen LogP contribution in [0.1, 0.15) is 0 Å². The summed E-state index contributed by atoms with van der Waals surface area (Å²) < 4.78 is 0. The van der Waals surface area contributed by atoms with Crippen molar-refractivity contribution >= 4 is 11.8 Å². The minimum Gasteiger partial charge on any atom is -0.315 e. The predicted octanol–water partition coefficient (Wildman–Crippen LogP) is -0.540. The highest BCUT2D eigenvalue weighted by molar-refractivity contribution is 7.99. The van der Waals surface area contributed by atoms with Gasteiger partial charge in [0.15, 0.2) is 0 Å². The van der Waals surface area contributed by atoms with E-state index in [1.54, 1.807) is 0 Å². The van der Waals surface area contributed by atoms with Crippen molar-refractivity contribution in [2.45, 2.75) is 0 Å². The van der Waals surface area contributed by atoms with Crippen LogP contribution < -0.4 is 16.0 Å². The van der Waals surface area contributed by atoms with Crippen molar-refractivity contribution in [2.24, 2.45) is 0 Å². The highest BCUT2D eigenvalue weighted by Gasteiger charge is 1.93. The summed E-state index contributed by atoms with van der Waals surface area (Å²) in [4.78, 5) is 0. The monoisotopic (exact) mass is 175 g/mol. The Morgan fingerprint density at radius 2 is 1.36 bits per heavy atom. The van der Waals surface area contributed by atoms with E-state index in [4.69, 9.17) is 0 Å². The number of nitrogens with one attached hydrogen (secondary N) is 3. The van der Waals surface area contributed by atoms with Crippen LogP contribution in [0.3, 0.4) is 0 Å². The number of hydrogen-bond donors (Lipinski definition) is 3. The first-order valence-electron chi connectivity index (χ1n) is 4.20. The van der Waals surface area contributed by atoms with Gasteiger partial charge in [-0.2, -0.15) is 11.8 Å². The van der Waals surface area contributed by atoms with E-state index in [9.17, 15) is 0 Å². The SMILES string of the molecule is C1CNCN1.C1CSCCN1. The third kappa shape index (κ3) is 5.49. The summed E-state index contributed by atoms with van der Waals surface area (Å²) >= 11 is 2.03. The van der Waals surface area contributed by atoms with E-state index in [1.807, 2.05) is 11.8 Å². The first kappa shape index (κ1) is 9.32. The maximum atomic E-state index is 3.26. The summed E-state index contributed by atoms with van der Waals surface area (Å²) in [5.41, 5.74) is 0. The Balaban J connectivity index is 0.000000112. The Labute approximate surface area is 72.7 Å². The highest BCUT2D eigenvalue weighted by atomic mass is 32.2. The molecule has 2 aliphatic heterocycles. The van der Waals surface area contributed by atoms with Crippen LogP contribution in [0.25, 0.3) is 0 Å². The van der Waals surface area contributed by atoms with Gasteiger partial charge in [-0.3, -0.25) is 0 Å². The molecule has 0 amide bonds. The fourth-order valence-electron chi connectivity index (χ4n) is 0.958. The summed E-state index contributed by atoms with van der Waals surface area (Å²) in [5, 5.41) is 9.49. The van der Waals surface area contributed by atoms with Gasteiger partial charge in [0.2, 0.25) is 0 Å². The minimum absolute atomic E-state index is 1.00. The van der Waals surface area contributed by atoms with Crippen LogP contribution >= 0.6 is 11.8 Å². The van der Waals surface area contributed by atoms with Gasteiger partial charge in [-0.05, 0) is 0 Å². The van der Waals surface area contributed by atoms with Crippen molar-refractivity contribution in [3.63, 3.8) is 0 Å². The van der Waals surface area contributed by atoms with E-state index in [-0.39, 0.29) is 0 Å². The first-order chi connectivity index (χ1) is 5.50. The molecule has 3 nitrogen and oxygen atoms in total. The zero-order chi connectivity index (χ0) is 7.78. The predicted molar refractivity (Wildman–Crippen MR) is 51.1 cm³/mol. The molecule has 3 N–H and O–H groups in total. The van der Waals surface area contributed by atoms with Crippen LogP contribution in [-0.4, -0.2) is 44.4 Å². The summed E-state index contributed by atoms with van der Waals surface area (Å²) in [6, 6.07) is 0. The van der Waals surface area contributed by atoms with Crippen molar-refractivity contribution in [2.75, 3.05) is 44.4 Å². The molecule has 2 rings (SSSR count). The van der Waals surface area contributed by atoms with Crippen LogP contribution in [-0.2, 0) is 0 Å². The zero-order valence-corrected chi connectivity index (χ0v) is 7.67. The molecular formula is C7H17N3S. The van der Waals surface area contributed by atoms with Crippen LogP contribution in [0.2, 0.25) is 0 Å². The average molecular weight is 175 g/mol. The molecule has 0 radical (unpaired) electrons. The lowest BCUT2D eigenvalue weighted by molar-refractivity contribution is 0.756. The number of rotatable bonds is 0. The number of hydrogen-bond acceptors (Lipinski definition) is 4. The second-order valence-corrected chi connectivity index (χ2v) is 3.76.